The van der Waals surface area contributed by atoms with Gasteiger partial charge in [-0.05, 0) is 41.3 Å². The van der Waals surface area contributed by atoms with Crippen LogP contribution in [0.15, 0.2) is 42.9 Å². The van der Waals surface area contributed by atoms with Crippen LogP contribution >= 0.6 is 23.2 Å². The zero-order valence-corrected chi connectivity index (χ0v) is 18.1. The molecule has 3 N–H and O–H groups in total. The summed E-state index contributed by atoms with van der Waals surface area (Å²) in [5, 5.41) is 13.7. The van der Waals surface area contributed by atoms with E-state index in [-0.39, 0.29) is 17.6 Å². The maximum atomic E-state index is 10.7. The van der Waals surface area contributed by atoms with Crippen LogP contribution in [0.2, 0.25) is 10.0 Å². The molecule has 3 rings (SSSR count). The Morgan fingerprint density at radius 2 is 1.86 bits per heavy atom. The number of carbonyl (C=O) groups excluding carboxylic acids is 1. The number of aromatic nitrogens is 2. The van der Waals surface area contributed by atoms with Crippen molar-refractivity contribution in [2.75, 3.05) is 5.32 Å². The minimum Gasteiger partial charge on any atom is -0.506 e. The van der Waals surface area contributed by atoms with Crippen molar-refractivity contribution in [3.63, 3.8) is 0 Å². The number of nitrogens with one attached hydrogen (secondary N) is 2. The summed E-state index contributed by atoms with van der Waals surface area (Å²) in [6, 6.07) is 9.09. The van der Waals surface area contributed by atoms with E-state index in [4.69, 9.17) is 23.2 Å². The van der Waals surface area contributed by atoms with Crippen LogP contribution in [-0.4, -0.2) is 16.5 Å². The number of phenolic OH excluding ortho intramolecular Hbond substituents is 1. The molecule has 0 radical (unpaired) electrons. The van der Waals surface area contributed by atoms with Crippen LogP contribution < -0.4 is 9.88 Å². The van der Waals surface area contributed by atoms with E-state index in [1.165, 1.54) is 0 Å². The van der Waals surface area contributed by atoms with Gasteiger partial charge < -0.3 is 10.4 Å². The molecular weight excluding hydrogens is 409 g/mol. The predicted octanol–water partition coefficient (Wildman–Crippen LogP) is 5.48. The fraction of sp³-hybridized carbons (Fsp3) is 0.273. The number of imidazole rings is 1. The summed E-state index contributed by atoms with van der Waals surface area (Å²) in [5.41, 5.74) is 4.22. The molecule has 3 aromatic rings. The van der Waals surface area contributed by atoms with Crippen molar-refractivity contribution in [3.8, 4) is 17.0 Å². The number of aromatic hydroxyl groups is 1. The van der Waals surface area contributed by atoms with Crippen LogP contribution in [-0.2, 0) is 11.3 Å². The van der Waals surface area contributed by atoms with Gasteiger partial charge in [-0.3, -0.25) is 4.79 Å². The average molecular weight is 433 g/mol. The summed E-state index contributed by atoms with van der Waals surface area (Å²) in [5.74, 6) is 0.456. The van der Waals surface area contributed by atoms with Crippen LogP contribution in [0, 0.1) is 0 Å². The summed E-state index contributed by atoms with van der Waals surface area (Å²) >= 11 is 12.9. The van der Waals surface area contributed by atoms with E-state index in [0.29, 0.717) is 28.7 Å². The zero-order valence-electron chi connectivity index (χ0n) is 16.5. The Balaban J connectivity index is 1.80. The average Bonchev–Trinajstić information content (AvgIpc) is 3.11. The third-order valence-corrected chi connectivity index (χ3v) is 5.56. The third kappa shape index (κ3) is 4.74. The van der Waals surface area contributed by atoms with Crippen LogP contribution in [0.3, 0.4) is 0 Å². The Bertz CT molecular complexity index is 1010. The van der Waals surface area contributed by atoms with Crippen molar-refractivity contribution in [2.45, 2.75) is 39.2 Å². The fourth-order valence-corrected chi connectivity index (χ4v) is 4.33. The number of hydrogen-bond acceptors (Lipinski definition) is 2. The number of nitrogens with zero attached hydrogens (tertiary/aromatic N) is 1. The Hall–Kier alpha value is -2.50. The van der Waals surface area contributed by atoms with Gasteiger partial charge >= 0.3 is 0 Å². The van der Waals surface area contributed by atoms with Crippen molar-refractivity contribution in [3.05, 3.63) is 64.0 Å². The van der Waals surface area contributed by atoms with Crippen LogP contribution in [0.25, 0.3) is 11.3 Å². The predicted molar refractivity (Wildman–Crippen MR) is 117 cm³/mol. The smallest absolute Gasteiger partial charge is 0.242 e. The highest BCUT2D eigenvalue weighted by Gasteiger charge is 2.17. The van der Waals surface area contributed by atoms with E-state index >= 15 is 0 Å². The first-order chi connectivity index (χ1) is 13.8. The van der Waals surface area contributed by atoms with Gasteiger partial charge in [0.2, 0.25) is 12.7 Å². The van der Waals surface area contributed by atoms with Gasteiger partial charge in [0.15, 0.2) is 5.69 Å². The van der Waals surface area contributed by atoms with Crippen LogP contribution in [0.5, 0.6) is 5.75 Å². The summed E-state index contributed by atoms with van der Waals surface area (Å²) in [4.78, 5) is 14.0. The van der Waals surface area contributed by atoms with Crippen molar-refractivity contribution in [1.29, 1.82) is 0 Å². The quantitative estimate of drug-likeness (QED) is 0.263. The van der Waals surface area contributed by atoms with E-state index in [0.717, 1.165) is 22.4 Å². The van der Waals surface area contributed by atoms with Gasteiger partial charge in [-0.2, -0.15) is 0 Å². The molecule has 0 spiro atoms. The van der Waals surface area contributed by atoms with Gasteiger partial charge in [-0.1, -0.05) is 50.0 Å². The molecule has 0 saturated carbocycles. The molecule has 1 unspecified atom stereocenters. The number of H-pyrrole nitrogens is 1. The highest BCUT2D eigenvalue weighted by molar-refractivity contribution is 6.36. The Morgan fingerprint density at radius 3 is 2.48 bits per heavy atom. The van der Waals surface area contributed by atoms with Crippen molar-refractivity contribution in [1.82, 2.24) is 4.98 Å². The number of rotatable bonds is 7. The maximum absolute atomic E-state index is 10.7. The van der Waals surface area contributed by atoms with Crippen LogP contribution in [0.4, 0.5) is 5.69 Å². The Labute approximate surface area is 180 Å². The van der Waals surface area contributed by atoms with Crippen molar-refractivity contribution < 1.29 is 14.5 Å². The number of carbonyl (C=O) groups is 1. The first-order valence-corrected chi connectivity index (χ1v) is 10.2. The highest BCUT2D eigenvalue weighted by atomic mass is 35.5. The standard InChI is InChI=1S/C22H23Cl2N3O2/c1-13(2)22-17(23)6-16(7-18(22)24)20-10-27(11-25-20)9-14(3)15-4-5-21(29)19(8-15)26-12-28/h4-8,10-14H,9H2,1-3H3,(H2,26,28,29)/p+1. The second kappa shape index (κ2) is 8.89. The highest BCUT2D eigenvalue weighted by Crippen LogP contribution is 2.35. The minimum atomic E-state index is 0.0447. The van der Waals surface area contributed by atoms with Gasteiger partial charge in [0, 0.05) is 21.5 Å². The van der Waals surface area contributed by atoms with Gasteiger partial charge in [0.25, 0.3) is 0 Å². The molecule has 1 aromatic heterocycles. The number of phenols is 1. The number of hydrogen-bond donors (Lipinski definition) is 3. The lowest BCUT2D eigenvalue weighted by atomic mass is 10.00. The largest absolute Gasteiger partial charge is 0.506 e. The molecule has 5 nitrogen and oxygen atoms in total. The SMILES string of the molecule is CC(C)c1c(Cl)cc(-c2c[n+](CC(C)c3ccc(O)c(NC=O)c3)c[nH]2)cc1Cl. The van der Waals surface area contributed by atoms with Crippen molar-refractivity contribution >= 4 is 35.3 Å². The molecule has 2 aromatic carbocycles. The van der Waals surface area contributed by atoms with Gasteiger partial charge in [0.1, 0.15) is 11.9 Å². The van der Waals surface area contributed by atoms with E-state index in [9.17, 15) is 9.90 Å². The normalized spacial score (nSPS) is 12.2. The minimum absolute atomic E-state index is 0.0447. The summed E-state index contributed by atoms with van der Waals surface area (Å²) in [6.45, 7) is 6.93. The molecule has 0 fully saturated rings. The first-order valence-electron chi connectivity index (χ1n) is 9.40. The molecular formula is C22H24Cl2N3O2+. The molecule has 0 aliphatic heterocycles. The third-order valence-electron chi connectivity index (χ3n) is 4.94. The summed E-state index contributed by atoms with van der Waals surface area (Å²) < 4.78 is 2.05. The lowest BCUT2D eigenvalue weighted by molar-refractivity contribution is -0.697. The number of aromatic amines is 1. The molecule has 7 heteroatoms. The lowest BCUT2D eigenvalue weighted by Gasteiger charge is -2.12. The van der Waals surface area contributed by atoms with Crippen molar-refractivity contribution in [2.24, 2.45) is 0 Å². The first kappa shape index (κ1) is 21.2. The number of benzene rings is 2. The monoisotopic (exact) mass is 432 g/mol. The molecule has 1 atom stereocenters. The second-order valence-corrected chi connectivity index (χ2v) is 8.28. The summed E-state index contributed by atoms with van der Waals surface area (Å²) in [6.07, 6.45) is 4.46. The van der Waals surface area contributed by atoms with Crippen LogP contribution in [0.1, 0.15) is 43.7 Å². The number of amides is 1. The van der Waals surface area contributed by atoms with E-state index < -0.39 is 0 Å². The molecule has 0 saturated heterocycles. The topological polar surface area (TPSA) is 69.0 Å². The van der Waals surface area contributed by atoms with Gasteiger partial charge in [0.05, 0.1) is 12.2 Å². The molecule has 1 amide bonds. The molecule has 1 heterocycles. The molecule has 0 bridgehead atoms. The Morgan fingerprint density at radius 1 is 1.17 bits per heavy atom. The van der Waals surface area contributed by atoms with E-state index in [1.54, 1.807) is 12.1 Å². The Kier molecular flexibility index (Phi) is 6.50. The van der Waals surface area contributed by atoms with Gasteiger partial charge in [-0.15, -0.1) is 0 Å². The number of anilines is 1. The van der Waals surface area contributed by atoms with E-state index in [2.05, 4.69) is 35.6 Å². The van der Waals surface area contributed by atoms with E-state index in [1.807, 2.05) is 30.7 Å². The zero-order chi connectivity index (χ0) is 21.1. The van der Waals surface area contributed by atoms with Gasteiger partial charge in [-0.25, -0.2) is 9.55 Å². The summed E-state index contributed by atoms with van der Waals surface area (Å²) in [7, 11) is 0. The number of halogens is 2. The molecule has 152 valence electrons. The second-order valence-electron chi connectivity index (χ2n) is 7.46. The fourth-order valence-electron chi connectivity index (χ4n) is 3.41. The molecule has 0 aliphatic rings. The molecule has 0 aliphatic carbocycles. The lowest BCUT2D eigenvalue weighted by Crippen LogP contribution is -2.33. The molecule has 29 heavy (non-hydrogen) atoms. The maximum Gasteiger partial charge on any atom is 0.242 e.